The lowest BCUT2D eigenvalue weighted by Crippen LogP contribution is -2.52. The number of carbonyl (C=O) groups excluding carboxylic acids is 4. The van der Waals surface area contributed by atoms with E-state index in [4.69, 9.17) is 16.0 Å². The van der Waals surface area contributed by atoms with Crippen molar-refractivity contribution < 1.29 is 23.6 Å². The number of urea groups is 1. The number of amides is 5. The van der Waals surface area contributed by atoms with Gasteiger partial charge >= 0.3 is 6.03 Å². The van der Waals surface area contributed by atoms with E-state index in [0.29, 0.717) is 45.1 Å². The van der Waals surface area contributed by atoms with Gasteiger partial charge < -0.3 is 20.0 Å². The Balaban J connectivity index is 1.44. The molecule has 1 saturated heterocycles. The predicted molar refractivity (Wildman–Crippen MR) is 161 cm³/mol. The summed E-state index contributed by atoms with van der Waals surface area (Å²) in [6.45, 7) is 13.7. The monoisotopic (exact) mass is 598 g/mol. The third kappa shape index (κ3) is 6.28. The zero-order valence-corrected chi connectivity index (χ0v) is 26.2. The molecule has 3 N–H and O–H groups in total. The fraction of sp³-hybridized carbons (Fsp3) is 0.467. The fourth-order valence-electron chi connectivity index (χ4n) is 6.32. The summed E-state index contributed by atoms with van der Waals surface area (Å²) in [7, 11) is -2.27. The summed E-state index contributed by atoms with van der Waals surface area (Å²) < 4.78 is 6.82. The predicted octanol–water partition coefficient (Wildman–Crippen LogP) is 5.98. The van der Waals surface area contributed by atoms with Crippen molar-refractivity contribution >= 4 is 49.4 Å². The molecule has 2 heterocycles. The molecule has 11 heteroatoms. The second kappa shape index (κ2) is 12.2. The highest BCUT2D eigenvalue weighted by molar-refractivity contribution is 6.78. The van der Waals surface area contributed by atoms with Gasteiger partial charge in [0.2, 0.25) is 11.8 Å². The van der Waals surface area contributed by atoms with E-state index in [0.717, 1.165) is 11.1 Å². The van der Waals surface area contributed by atoms with E-state index in [9.17, 15) is 19.2 Å². The van der Waals surface area contributed by atoms with Crippen LogP contribution >= 0.6 is 11.6 Å². The highest BCUT2D eigenvalue weighted by atomic mass is 35.5. The molecule has 2 aromatic carbocycles. The largest absolute Gasteiger partial charge is 0.541 e. The molecular weight excluding hydrogens is 560 g/mol. The summed E-state index contributed by atoms with van der Waals surface area (Å²) in [5.41, 5.74) is 3.70. The van der Waals surface area contributed by atoms with Crippen LogP contribution in [-0.4, -0.2) is 43.0 Å². The van der Waals surface area contributed by atoms with E-state index < -0.39 is 26.3 Å². The molecule has 0 spiro atoms. The third-order valence-corrected chi connectivity index (χ3v) is 14.4. The quantitative estimate of drug-likeness (QED) is 0.243. The molecule has 1 fully saturated rings. The number of anilines is 1. The van der Waals surface area contributed by atoms with Crippen LogP contribution in [0.3, 0.4) is 0 Å². The van der Waals surface area contributed by atoms with Crippen molar-refractivity contribution in [2.24, 2.45) is 0 Å². The molecule has 1 atom stereocenters. The standard InChI is InChI=1S/C30H39ClN4O5Si/c1-17(2)41(18(3)4,19(5)6)40-26-11-8-22(31)14-24(26)33-30(39)32-15-20-7-9-23-21(13-20)16-35(29(23)38)25-10-12-27(36)34-28(25)37/h7-9,11,13-14,17-19,25H,10,12,15-16H2,1-6H3,(H2,32,33,39)(H,34,36,37). The molecule has 0 aromatic heterocycles. The van der Waals surface area contributed by atoms with Crippen molar-refractivity contribution in [1.29, 1.82) is 0 Å². The summed E-state index contributed by atoms with van der Waals surface area (Å²) >= 11 is 6.29. The molecule has 0 bridgehead atoms. The number of benzene rings is 2. The van der Waals surface area contributed by atoms with E-state index in [1.54, 1.807) is 24.3 Å². The Morgan fingerprint density at radius 3 is 2.37 bits per heavy atom. The summed E-state index contributed by atoms with van der Waals surface area (Å²) in [5.74, 6) is -0.388. The van der Waals surface area contributed by atoms with Gasteiger partial charge in [-0.2, -0.15) is 0 Å². The second-order valence-corrected chi connectivity index (χ2v) is 17.6. The van der Waals surface area contributed by atoms with Crippen molar-refractivity contribution in [2.75, 3.05) is 5.32 Å². The van der Waals surface area contributed by atoms with Gasteiger partial charge in [-0.3, -0.25) is 19.7 Å². The number of rotatable bonds is 9. The number of imide groups is 1. The van der Waals surface area contributed by atoms with Gasteiger partial charge in [0.15, 0.2) is 0 Å². The Kier molecular flexibility index (Phi) is 9.13. The molecule has 5 amide bonds. The average molecular weight is 599 g/mol. The van der Waals surface area contributed by atoms with Crippen LogP contribution in [0.4, 0.5) is 10.5 Å². The maximum Gasteiger partial charge on any atom is 0.319 e. The Bertz CT molecular complexity index is 1340. The smallest absolute Gasteiger partial charge is 0.319 e. The number of fused-ring (bicyclic) bond motifs is 1. The molecule has 9 nitrogen and oxygen atoms in total. The van der Waals surface area contributed by atoms with Crippen LogP contribution in [0.2, 0.25) is 21.6 Å². The van der Waals surface area contributed by atoms with Gasteiger partial charge in [0.25, 0.3) is 14.2 Å². The van der Waals surface area contributed by atoms with Crippen LogP contribution in [-0.2, 0) is 22.7 Å². The molecule has 1 unspecified atom stereocenters. The number of nitrogens with one attached hydrogen (secondary N) is 3. The van der Waals surface area contributed by atoms with Crippen LogP contribution < -0.4 is 20.4 Å². The summed E-state index contributed by atoms with van der Waals surface area (Å²) in [5, 5.41) is 8.58. The van der Waals surface area contributed by atoms with Crippen LogP contribution in [0.25, 0.3) is 0 Å². The minimum atomic E-state index is -2.27. The topological polar surface area (TPSA) is 117 Å². The van der Waals surface area contributed by atoms with E-state index in [-0.39, 0.29) is 31.3 Å². The van der Waals surface area contributed by atoms with Crippen molar-refractivity contribution in [3.8, 4) is 5.75 Å². The van der Waals surface area contributed by atoms with Gasteiger partial charge in [-0.25, -0.2) is 4.79 Å². The Hall–Kier alpha value is -3.37. The van der Waals surface area contributed by atoms with E-state index >= 15 is 0 Å². The molecule has 4 rings (SSSR count). The first-order valence-electron chi connectivity index (χ1n) is 14.1. The highest BCUT2D eigenvalue weighted by Crippen LogP contribution is 2.44. The van der Waals surface area contributed by atoms with E-state index in [2.05, 4.69) is 57.5 Å². The Morgan fingerprint density at radius 2 is 1.73 bits per heavy atom. The second-order valence-electron chi connectivity index (χ2n) is 11.8. The van der Waals surface area contributed by atoms with Crippen LogP contribution in [0.15, 0.2) is 36.4 Å². The van der Waals surface area contributed by atoms with Gasteiger partial charge in [-0.1, -0.05) is 65.3 Å². The minimum absolute atomic E-state index is 0.204. The molecular formula is C30H39ClN4O5Si. The van der Waals surface area contributed by atoms with E-state index in [1.165, 1.54) is 4.90 Å². The lowest BCUT2D eigenvalue weighted by Gasteiger charge is -2.42. The van der Waals surface area contributed by atoms with Crippen molar-refractivity contribution in [2.45, 2.75) is 90.1 Å². The Morgan fingerprint density at radius 1 is 1.05 bits per heavy atom. The number of hydrogen-bond acceptors (Lipinski definition) is 5. The zero-order valence-electron chi connectivity index (χ0n) is 24.5. The molecule has 220 valence electrons. The van der Waals surface area contributed by atoms with Crippen molar-refractivity contribution in [1.82, 2.24) is 15.5 Å². The summed E-state index contributed by atoms with van der Waals surface area (Å²) in [6, 6.07) is 9.57. The molecule has 0 radical (unpaired) electrons. The van der Waals surface area contributed by atoms with E-state index in [1.807, 2.05) is 12.1 Å². The third-order valence-electron chi connectivity index (χ3n) is 8.22. The SMILES string of the molecule is CC(C)[Si](Oc1ccc(Cl)cc1NC(=O)NCc1ccc2c(c1)CN(C1CCC(=O)NC1=O)C2=O)(C(C)C)C(C)C. The first-order chi connectivity index (χ1) is 19.3. The number of halogens is 1. The maximum atomic E-state index is 13.0. The first-order valence-corrected chi connectivity index (χ1v) is 16.6. The fourth-order valence-corrected chi connectivity index (χ4v) is 11.8. The maximum absolute atomic E-state index is 13.0. The van der Waals surface area contributed by atoms with Crippen LogP contribution in [0.1, 0.15) is 75.9 Å². The first kappa shape index (κ1) is 30.6. The lowest BCUT2D eigenvalue weighted by molar-refractivity contribution is -0.136. The molecule has 0 aliphatic carbocycles. The molecule has 41 heavy (non-hydrogen) atoms. The van der Waals surface area contributed by atoms with Gasteiger partial charge in [0.1, 0.15) is 11.8 Å². The van der Waals surface area contributed by atoms with Gasteiger partial charge in [0, 0.05) is 30.1 Å². The lowest BCUT2D eigenvalue weighted by atomic mass is 10.0. The molecule has 2 aliphatic heterocycles. The summed E-state index contributed by atoms with van der Waals surface area (Å²) in [6.07, 6.45) is 0.513. The molecule has 0 saturated carbocycles. The number of nitrogens with zero attached hydrogens (tertiary/aromatic N) is 1. The van der Waals surface area contributed by atoms with Crippen molar-refractivity contribution in [3.63, 3.8) is 0 Å². The van der Waals surface area contributed by atoms with Gasteiger partial charge in [-0.05, 0) is 58.4 Å². The van der Waals surface area contributed by atoms with Crippen LogP contribution in [0, 0.1) is 0 Å². The Labute approximate surface area is 247 Å². The number of hydrogen-bond donors (Lipinski definition) is 3. The summed E-state index contributed by atoms with van der Waals surface area (Å²) in [4.78, 5) is 51.3. The number of piperidine rings is 1. The number of carbonyl (C=O) groups is 4. The highest BCUT2D eigenvalue weighted by Gasteiger charge is 2.47. The zero-order chi connectivity index (χ0) is 30.1. The van der Waals surface area contributed by atoms with Crippen molar-refractivity contribution in [3.05, 3.63) is 58.1 Å². The minimum Gasteiger partial charge on any atom is -0.541 e. The van der Waals surface area contributed by atoms with Gasteiger partial charge in [-0.15, -0.1) is 0 Å². The van der Waals surface area contributed by atoms with Crippen LogP contribution in [0.5, 0.6) is 5.75 Å². The van der Waals surface area contributed by atoms with Gasteiger partial charge in [0.05, 0.1) is 5.69 Å². The molecule has 2 aliphatic rings. The normalized spacial score (nSPS) is 17.3. The molecule has 2 aromatic rings. The average Bonchev–Trinajstić information content (AvgIpc) is 3.21.